The van der Waals surface area contributed by atoms with Gasteiger partial charge in [0, 0.05) is 21.4 Å². The van der Waals surface area contributed by atoms with Gasteiger partial charge in [0.1, 0.15) is 11.5 Å². The molecule has 0 fully saturated rings. The first kappa shape index (κ1) is 23.5. The number of halogens is 2. The monoisotopic (exact) mass is 600 g/mol. The summed E-state index contributed by atoms with van der Waals surface area (Å²) in [7, 11) is 3.05. The number of hydrogen-bond donors (Lipinski definition) is 2. The molecule has 0 radical (unpaired) electrons. The summed E-state index contributed by atoms with van der Waals surface area (Å²) in [6.07, 6.45) is 0. The van der Waals surface area contributed by atoms with Crippen LogP contribution in [0.4, 0.5) is 11.6 Å². The van der Waals surface area contributed by atoms with E-state index in [1.54, 1.807) is 12.1 Å². The summed E-state index contributed by atoms with van der Waals surface area (Å²) in [5, 5.41) is 6.74. The first-order valence-corrected chi connectivity index (χ1v) is 12.3. The van der Waals surface area contributed by atoms with Gasteiger partial charge in [-0.15, -0.1) is 0 Å². The van der Waals surface area contributed by atoms with Gasteiger partial charge in [-0.1, -0.05) is 35.9 Å². The highest BCUT2D eigenvalue weighted by Crippen LogP contribution is 2.41. The van der Waals surface area contributed by atoms with Crippen LogP contribution in [-0.2, 0) is 4.79 Å². The molecule has 0 spiro atoms. The van der Waals surface area contributed by atoms with Crippen molar-refractivity contribution < 1.29 is 14.3 Å². The van der Waals surface area contributed by atoms with Gasteiger partial charge in [0.2, 0.25) is 5.95 Å². The highest BCUT2D eigenvalue weighted by molar-refractivity contribution is 14.1. The molecule has 0 bridgehead atoms. The van der Waals surface area contributed by atoms with Gasteiger partial charge in [-0.3, -0.25) is 9.36 Å². The minimum Gasteiger partial charge on any atom is -0.495 e. The molecule has 4 aromatic rings. The van der Waals surface area contributed by atoms with Crippen molar-refractivity contribution in [1.29, 1.82) is 0 Å². The molecule has 9 heteroatoms. The largest absolute Gasteiger partial charge is 0.495 e. The van der Waals surface area contributed by atoms with Crippen LogP contribution in [0.2, 0.25) is 5.02 Å². The van der Waals surface area contributed by atoms with Gasteiger partial charge in [-0.25, -0.2) is 4.98 Å². The molecule has 1 amide bonds. The maximum Gasteiger partial charge on any atom is 0.255 e. The minimum atomic E-state index is -0.395. The molecule has 1 aliphatic rings. The van der Waals surface area contributed by atoms with E-state index in [4.69, 9.17) is 26.1 Å². The standard InChI is InChI=1S/C26H22ClIN4O3/c1-14-23(25(33)30-19-13-21(34-2)17(27)12-22(19)35-3)24(15-7-6-8-16(28)11-15)32-20-10-5-4-9-18(20)31-26(32)29-14/h4-13,24H,1-3H3,(H,29,31)(H,30,33). The van der Waals surface area contributed by atoms with Crippen LogP contribution < -0.4 is 20.1 Å². The topological polar surface area (TPSA) is 77.4 Å². The van der Waals surface area contributed by atoms with Crippen molar-refractivity contribution >= 4 is 62.8 Å². The van der Waals surface area contributed by atoms with Gasteiger partial charge in [0.25, 0.3) is 5.91 Å². The lowest BCUT2D eigenvalue weighted by molar-refractivity contribution is -0.113. The van der Waals surface area contributed by atoms with E-state index >= 15 is 0 Å². The zero-order valence-corrected chi connectivity index (χ0v) is 22.1. The normalized spacial score (nSPS) is 14.9. The molecule has 35 heavy (non-hydrogen) atoms. The van der Waals surface area contributed by atoms with Crippen molar-refractivity contribution in [3.05, 3.63) is 86.1 Å². The molecule has 1 aliphatic heterocycles. The summed E-state index contributed by atoms with van der Waals surface area (Å²) in [5.74, 6) is 1.29. The second-order valence-electron chi connectivity index (χ2n) is 8.06. The van der Waals surface area contributed by atoms with E-state index in [2.05, 4.69) is 43.9 Å². The van der Waals surface area contributed by atoms with E-state index in [9.17, 15) is 4.79 Å². The van der Waals surface area contributed by atoms with Crippen molar-refractivity contribution in [2.45, 2.75) is 13.0 Å². The fraction of sp³-hybridized carbons (Fsp3) is 0.154. The number of benzene rings is 3. The van der Waals surface area contributed by atoms with Crippen LogP contribution in [-0.4, -0.2) is 29.7 Å². The predicted molar refractivity (Wildman–Crippen MR) is 147 cm³/mol. The third-order valence-corrected chi connectivity index (χ3v) is 6.93. The van der Waals surface area contributed by atoms with E-state index in [1.807, 2.05) is 49.4 Å². The number of anilines is 2. The molecule has 5 rings (SSSR count). The van der Waals surface area contributed by atoms with Crippen molar-refractivity contribution in [2.24, 2.45) is 0 Å². The second kappa shape index (κ2) is 9.43. The Morgan fingerprint density at radius 1 is 1.09 bits per heavy atom. The van der Waals surface area contributed by atoms with Gasteiger partial charge >= 0.3 is 0 Å². The zero-order valence-electron chi connectivity index (χ0n) is 19.2. The van der Waals surface area contributed by atoms with E-state index in [-0.39, 0.29) is 5.91 Å². The number of nitrogens with zero attached hydrogens (tertiary/aromatic N) is 2. The summed E-state index contributed by atoms with van der Waals surface area (Å²) in [4.78, 5) is 18.7. The minimum absolute atomic E-state index is 0.273. The number of rotatable bonds is 5. The molecular weight excluding hydrogens is 579 g/mol. The number of nitrogens with one attached hydrogen (secondary N) is 2. The van der Waals surface area contributed by atoms with Crippen LogP contribution in [0.15, 0.2) is 71.9 Å². The molecule has 0 aliphatic carbocycles. The average molecular weight is 601 g/mol. The second-order valence-corrected chi connectivity index (χ2v) is 9.71. The van der Waals surface area contributed by atoms with Crippen LogP contribution in [0.5, 0.6) is 11.5 Å². The number of hydrogen-bond acceptors (Lipinski definition) is 5. The van der Waals surface area contributed by atoms with Crippen molar-refractivity contribution in [3.8, 4) is 11.5 Å². The number of carbonyl (C=O) groups is 1. The lowest BCUT2D eigenvalue weighted by atomic mass is 9.94. The Morgan fingerprint density at radius 3 is 2.60 bits per heavy atom. The average Bonchev–Trinajstić information content (AvgIpc) is 3.21. The van der Waals surface area contributed by atoms with Gasteiger partial charge in [-0.05, 0) is 59.3 Å². The first-order chi connectivity index (χ1) is 16.9. The molecule has 2 heterocycles. The Balaban J connectivity index is 1.65. The summed E-state index contributed by atoms with van der Waals surface area (Å²) < 4.78 is 14.0. The summed E-state index contributed by atoms with van der Waals surface area (Å²) >= 11 is 8.54. The first-order valence-electron chi connectivity index (χ1n) is 10.8. The fourth-order valence-electron chi connectivity index (χ4n) is 4.40. The number of ether oxygens (including phenoxy) is 2. The molecule has 3 aromatic carbocycles. The third-order valence-electron chi connectivity index (χ3n) is 5.96. The number of fused-ring (bicyclic) bond motifs is 3. The van der Waals surface area contributed by atoms with Crippen LogP contribution in [0.1, 0.15) is 18.5 Å². The van der Waals surface area contributed by atoms with Crippen LogP contribution in [0.25, 0.3) is 11.0 Å². The Labute approximate surface area is 221 Å². The highest BCUT2D eigenvalue weighted by atomic mass is 127. The quantitative estimate of drug-likeness (QED) is 0.265. The number of methoxy groups -OCH3 is 2. The number of para-hydroxylation sites is 2. The third kappa shape index (κ3) is 4.21. The smallest absolute Gasteiger partial charge is 0.255 e. The Hall–Kier alpha value is -3.24. The maximum atomic E-state index is 13.9. The van der Waals surface area contributed by atoms with Crippen LogP contribution in [0, 0.1) is 3.57 Å². The van der Waals surface area contributed by atoms with Gasteiger partial charge in [0.15, 0.2) is 0 Å². The molecule has 178 valence electrons. The SMILES string of the molecule is COc1cc(NC(=O)C2=C(C)Nc3nc4ccccc4n3C2c2cccc(I)c2)c(OC)cc1Cl. The van der Waals surface area contributed by atoms with E-state index in [0.717, 1.165) is 20.2 Å². The van der Waals surface area contributed by atoms with E-state index in [1.165, 1.54) is 14.2 Å². The number of allylic oxidation sites excluding steroid dienone is 1. The van der Waals surface area contributed by atoms with E-state index in [0.29, 0.717) is 39.4 Å². The summed E-state index contributed by atoms with van der Waals surface area (Å²) in [5.41, 5.74) is 4.51. The van der Waals surface area contributed by atoms with Gasteiger partial charge in [-0.2, -0.15) is 0 Å². The van der Waals surface area contributed by atoms with Crippen molar-refractivity contribution in [2.75, 3.05) is 24.9 Å². The highest BCUT2D eigenvalue weighted by Gasteiger charge is 2.34. The summed E-state index contributed by atoms with van der Waals surface area (Å²) in [6, 6.07) is 18.9. The molecule has 1 unspecified atom stereocenters. The molecule has 1 atom stereocenters. The lowest BCUT2D eigenvalue weighted by Gasteiger charge is -2.31. The predicted octanol–water partition coefficient (Wildman–Crippen LogP) is 6.24. The zero-order chi connectivity index (χ0) is 24.7. The number of amides is 1. The number of carbonyl (C=O) groups excluding carboxylic acids is 1. The molecule has 7 nitrogen and oxygen atoms in total. The fourth-order valence-corrected chi connectivity index (χ4v) is 5.20. The van der Waals surface area contributed by atoms with Gasteiger partial charge in [0.05, 0.1) is 47.6 Å². The molecule has 0 saturated carbocycles. The number of imidazole rings is 1. The van der Waals surface area contributed by atoms with Crippen LogP contribution >= 0.6 is 34.2 Å². The Morgan fingerprint density at radius 2 is 1.86 bits per heavy atom. The molecule has 1 aromatic heterocycles. The molecular formula is C26H22ClIN4O3. The van der Waals surface area contributed by atoms with Crippen LogP contribution in [0.3, 0.4) is 0 Å². The Bertz CT molecular complexity index is 1500. The van der Waals surface area contributed by atoms with Crippen molar-refractivity contribution in [1.82, 2.24) is 9.55 Å². The molecule has 0 saturated heterocycles. The van der Waals surface area contributed by atoms with E-state index < -0.39 is 6.04 Å². The molecule has 2 N–H and O–H groups in total. The van der Waals surface area contributed by atoms with Gasteiger partial charge < -0.3 is 20.1 Å². The summed E-state index contributed by atoms with van der Waals surface area (Å²) in [6.45, 7) is 1.89. The lowest BCUT2D eigenvalue weighted by Crippen LogP contribution is -2.31. The Kier molecular flexibility index (Phi) is 6.33. The maximum absolute atomic E-state index is 13.9. The number of aromatic nitrogens is 2. The van der Waals surface area contributed by atoms with Crippen molar-refractivity contribution in [3.63, 3.8) is 0 Å².